The minimum absolute atomic E-state index is 0.00866. The van der Waals surface area contributed by atoms with Crippen LogP contribution in [0, 0.1) is 0 Å². The Morgan fingerprint density at radius 1 is 0.800 bits per heavy atom. The van der Waals surface area contributed by atoms with Crippen molar-refractivity contribution in [3.8, 4) is 5.75 Å². The van der Waals surface area contributed by atoms with Crippen LogP contribution >= 0.6 is 0 Å². The third kappa shape index (κ3) is 10.6. The standard InChI is InChI=1S/C31H41N7O7/c32-14-4-3-7-24(36-28(41)22(33)12-13-27(34)40)29(42)37-25(16-19-17-35-23-6-2-1-5-21(19)23)30(43)38-26(31(44)45)15-18-8-10-20(39)11-9-18/h1-2,5-6,8-11,17,22,24-26,35,39H,3-4,7,12-16,32-33H2,(H2,34,40)(H,36,41)(H,37,42)(H,38,43)(H,44,45). The van der Waals surface area contributed by atoms with Gasteiger partial charge in [0.2, 0.25) is 23.6 Å². The number of para-hydroxylation sites is 1. The molecule has 0 bridgehead atoms. The third-order valence-corrected chi connectivity index (χ3v) is 7.34. The van der Waals surface area contributed by atoms with Crippen molar-refractivity contribution in [2.24, 2.45) is 17.2 Å². The van der Waals surface area contributed by atoms with Crippen molar-refractivity contribution >= 4 is 40.5 Å². The van der Waals surface area contributed by atoms with Crippen LogP contribution in [0.2, 0.25) is 0 Å². The quantitative estimate of drug-likeness (QED) is 0.0857. The number of primary amides is 1. The zero-order chi connectivity index (χ0) is 32.9. The monoisotopic (exact) mass is 623 g/mol. The molecule has 242 valence electrons. The number of phenols is 1. The highest BCUT2D eigenvalue weighted by Gasteiger charge is 2.31. The molecule has 3 rings (SSSR count). The van der Waals surface area contributed by atoms with E-state index >= 15 is 0 Å². The highest BCUT2D eigenvalue weighted by molar-refractivity contribution is 5.95. The summed E-state index contributed by atoms with van der Waals surface area (Å²) in [6.07, 6.45) is 2.77. The molecule has 0 spiro atoms. The number of carboxylic acids is 1. The number of fused-ring (bicyclic) bond motifs is 1. The Hall–Kier alpha value is -4.95. The van der Waals surface area contributed by atoms with Gasteiger partial charge in [-0.2, -0.15) is 0 Å². The minimum Gasteiger partial charge on any atom is -0.508 e. The van der Waals surface area contributed by atoms with Gasteiger partial charge in [0.05, 0.1) is 6.04 Å². The fraction of sp³-hybridized carbons (Fsp3) is 0.387. The number of rotatable bonds is 18. The third-order valence-electron chi connectivity index (χ3n) is 7.34. The number of nitrogens with two attached hydrogens (primary N) is 3. The Morgan fingerprint density at radius 2 is 1.44 bits per heavy atom. The van der Waals surface area contributed by atoms with E-state index in [9.17, 15) is 34.2 Å². The van der Waals surface area contributed by atoms with Gasteiger partial charge in [-0.1, -0.05) is 30.3 Å². The summed E-state index contributed by atoms with van der Waals surface area (Å²) in [7, 11) is 0. The number of aromatic amines is 1. The Balaban J connectivity index is 1.84. The molecule has 45 heavy (non-hydrogen) atoms. The molecule has 4 unspecified atom stereocenters. The number of H-pyrrole nitrogens is 1. The van der Waals surface area contributed by atoms with Crippen molar-refractivity contribution in [2.75, 3.05) is 6.54 Å². The van der Waals surface area contributed by atoms with E-state index in [0.717, 1.165) is 10.9 Å². The molecule has 0 radical (unpaired) electrons. The number of phenolic OH excluding ortho intramolecular Hbond substituents is 1. The molecular weight excluding hydrogens is 582 g/mol. The van der Waals surface area contributed by atoms with Gasteiger partial charge in [-0.05, 0) is 61.6 Å². The van der Waals surface area contributed by atoms with Crippen LogP contribution in [0.5, 0.6) is 5.75 Å². The van der Waals surface area contributed by atoms with Crippen molar-refractivity contribution in [1.29, 1.82) is 0 Å². The van der Waals surface area contributed by atoms with Gasteiger partial charge in [0.15, 0.2) is 0 Å². The molecule has 0 aliphatic heterocycles. The normalized spacial score (nSPS) is 13.7. The van der Waals surface area contributed by atoms with Crippen LogP contribution in [0.1, 0.15) is 43.2 Å². The van der Waals surface area contributed by atoms with E-state index in [4.69, 9.17) is 17.2 Å². The maximum atomic E-state index is 13.7. The Morgan fingerprint density at radius 3 is 2.11 bits per heavy atom. The summed E-state index contributed by atoms with van der Waals surface area (Å²) in [6.45, 7) is 0.365. The first-order chi connectivity index (χ1) is 21.5. The number of aromatic hydroxyl groups is 1. The Labute approximate surface area is 260 Å². The van der Waals surface area contributed by atoms with Crippen LogP contribution in [0.25, 0.3) is 10.9 Å². The van der Waals surface area contributed by atoms with E-state index in [1.165, 1.54) is 12.1 Å². The number of hydrogen-bond donors (Lipinski definition) is 9. The van der Waals surface area contributed by atoms with Gasteiger partial charge in [0.1, 0.15) is 23.9 Å². The van der Waals surface area contributed by atoms with Crippen LogP contribution in [0.15, 0.2) is 54.7 Å². The van der Waals surface area contributed by atoms with Gasteiger partial charge >= 0.3 is 5.97 Å². The van der Waals surface area contributed by atoms with Gasteiger partial charge in [-0.3, -0.25) is 19.2 Å². The van der Waals surface area contributed by atoms with Gasteiger partial charge in [-0.15, -0.1) is 0 Å². The molecule has 1 heterocycles. The van der Waals surface area contributed by atoms with Crippen molar-refractivity contribution in [2.45, 2.75) is 69.1 Å². The molecule has 14 nitrogen and oxygen atoms in total. The van der Waals surface area contributed by atoms with Gasteiger partial charge in [-0.25, -0.2) is 4.79 Å². The lowest BCUT2D eigenvalue weighted by atomic mass is 10.0. The SMILES string of the molecule is NCCCCC(NC(=O)C(N)CCC(N)=O)C(=O)NC(Cc1c[nH]c2ccccc12)C(=O)NC(Cc1ccc(O)cc1)C(=O)O. The second kappa shape index (κ2) is 16.8. The molecule has 14 heteroatoms. The second-order valence-electron chi connectivity index (χ2n) is 10.9. The average molecular weight is 624 g/mol. The Bertz CT molecular complexity index is 1470. The molecule has 3 aromatic rings. The summed E-state index contributed by atoms with van der Waals surface area (Å²) in [6, 6.07) is 8.55. The molecule has 12 N–H and O–H groups in total. The first-order valence-electron chi connectivity index (χ1n) is 14.7. The summed E-state index contributed by atoms with van der Waals surface area (Å²) in [5.74, 6) is -3.98. The number of carbonyl (C=O) groups is 5. The molecule has 2 aromatic carbocycles. The highest BCUT2D eigenvalue weighted by atomic mass is 16.4. The van der Waals surface area contributed by atoms with Crippen LogP contribution in [-0.4, -0.2) is 75.5 Å². The summed E-state index contributed by atoms with van der Waals surface area (Å²) in [5.41, 5.74) is 18.8. The van der Waals surface area contributed by atoms with Crippen LogP contribution < -0.4 is 33.2 Å². The minimum atomic E-state index is -1.34. The van der Waals surface area contributed by atoms with Crippen LogP contribution in [0.3, 0.4) is 0 Å². The summed E-state index contributed by atoms with van der Waals surface area (Å²) < 4.78 is 0. The lowest BCUT2D eigenvalue weighted by Crippen LogP contribution is -2.57. The number of carboxylic acid groups (broad SMARTS) is 1. The Kier molecular flexibility index (Phi) is 12.9. The van der Waals surface area contributed by atoms with Crippen LogP contribution in [-0.2, 0) is 36.8 Å². The molecular formula is C31H41N7O7. The zero-order valence-electron chi connectivity index (χ0n) is 24.8. The number of amides is 4. The van der Waals surface area contributed by atoms with Gasteiger partial charge in [0, 0.05) is 36.4 Å². The van der Waals surface area contributed by atoms with Crippen molar-refractivity contribution in [3.63, 3.8) is 0 Å². The van der Waals surface area contributed by atoms with Crippen molar-refractivity contribution in [3.05, 3.63) is 65.9 Å². The maximum Gasteiger partial charge on any atom is 0.326 e. The number of unbranched alkanes of at least 4 members (excludes halogenated alkanes) is 1. The van der Waals surface area contributed by atoms with E-state index < -0.39 is 53.8 Å². The van der Waals surface area contributed by atoms with Crippen molar-refractivity contribution < 1.29 is 34.2 Å². The lowest BCUT2D eigenvalue weighted by molar-refractivity contribution is -0.142. The summed E-state index contributed by atoms with van der Waals surface area (Å²) in [5, 5.41) is 28.1. The number of benzene rings is 2. The lowest BCUT2D eigenvalue weighted by Gasteiger charge is -2.25. The predicted molar refractivity (Wildman–Crippen MR) is 167 cm³/mol. The molecule has 1 aromatic heterocycles. The number of nitrogens with one attached hydrogen (secondary N) is 4. The molecule has 0 aliphatic carbocycles. The molecule has 4 amide bonds. The van der Waals surface area contributed by atoms with Gasteiger partial charge in [0.25, 0.3) is 0 Å². The first-order valence-corrected chi connectivity index (χ1v) is 14.7. The van der Waals surface area contributed by atoms with E-state index in [1.807, 2.05) is 24.3 Å². The summed E-state index contributed by atoms with van der Waals surface area (Å²) >= 11 is 0. The fourth-order valence-electron chi connectivity index (χ4n) is 4.81. The largest absolute Gasteiger partial charge is 0.508 e. The average Bonchev–Trinajstić information content (AvgIpc) is 3.42. The van der Waals surface area contributed by atoms with E-state index in [1.54, 1.807) is 18.3 Å². The first kappa shape index (κ1) is 34.5. The molecule has 0 saturated carbocycles. The second-order valence-corrected chi connectivity index (χ2v) is 10.9. The maximum absolute atomic E-state index is 13.7. The zero-order valence-corrected chi connectivity index (χ0v) is 24.8. The van der Waals surface area contributed by atoms with Crippen LogP contribution in [0.4, 0.5) is 0 Å². The predicted octanol–water partition coefficient (Wildman–Crippen LogP) is -0.0805. The molecule has 0 fully saturated rings. The smallest absolute Gasteiger partial charge is 0.326 e. The number of hydrogen-bond acceptors (Lipinski definition) is 8. The number of aromatic nitrogens is 1. The van der Waals surface area contributed by atoms with E-state index in [-0.39, 0.29) is 37.9 Å². The number of carbonyl (C=O) groups excluding carboxylic acids is 4. The van der Waals surface area contributed by atoms with Crippen molar-refractivity contribution in [1.82, 2.24) is 20.9 Å². The number of aliphatic carboxylic acids is 1. The molecule has 4 atom stereocenters. The topological polar surface area (TPSA) is 256 Å². The van der Waals surface area contributed by atoms with E-state index in [0.29, 0.717) is 30.5 Å². The van der Waals surface area contributed by atoms with E-state index in [2.05, 4.69) is 20.9 Å². The fourth-order valence-corrected chi connectivity index (χ4v) is 4.81. The highest BCUT2D eigenvalue weighted by Crippen LogP contribution is 2.20. The summed E-state index contributed by atoms with van der Waals surface area (Å²) in [4.78, 5) is 66.4. The molecule has 0 aliphatic rings. The molecule has 0 saturated heterocycles. The van der Waals surface area contributed by atoms with Gasteiger partial charge < -0.3 is 48.3 Å².